The average Bonchev–Trinajstić information content (AvgIpc) is 3.08. The molecular weight excluding hydrogens is 444 g/mol. The Bertz CT molecular complexity index is 1110. The van der Waals surface area contributed by atoms with Gasteiger partial charge in [0.15, 0.2) is 5.17 Å². The van der Waals surface area contributed by atoms with E-state index in [9.17, 15) is 9.59 Å². The molecule has 0 aliphatic carbocycles. The van der Waals surface area contributed by atoms with Gasteiger partial charge in [-0.05, 0) is 49.1 Å². The number of nitrogens with one attached hydrogen (secondary N) is 1. The van der Waals surface area contributed by atoms with Crippen molar-refractivity contribution < 1.29 is 9.59 Å². The monoisotopic (exact) mass is 468 g/mol. The van der Waals surface area contributed by atoms with Gasteiger partial charge in [0.05, 0.1) is 10.9 Å². The van der Waals surface area contributed by atoms with E-state index in [0.717, 1.165) is 11.3 Å². The minimum Gasteiger partial charge on any atom is -0.325 e. The van der Waals surface area contributed by atoms with E-state index in [-0.39, 0.29) is 11.8 Å². The number of carbonyl (C=O) groups excluding carboxylic acids is 2. The van der Waals surface area contributed by atoms with Crippen molar-refractivity contribution in [2.45, 2.75) is 44.9 Å². The molecule has 166 valence electrons. The zero-order chi connectivity index (χ0) is 22.8. The Morgan fingerprint density at radius 2 is 2.00 bits per heavy atom. The van der Waals surface area contributed by atoms with Crippen molar-refractivity contribution in [3.05, 3.63) is 59.1 Å². The minimum absolute atomic E-state index is 0.0837. The van der Waals surface area contributed by atoms with E-state index in [1.807, 2.05) is 31.2 Å². The first-order chi connectivity index (χ1) is 15.4. The van der Waals surface area contributed by atoms with Crippen LogP contribution in [-0.2, 0) is 9.59 Å². The number of hydrogen-bond acceptors (Lipinski definition) is 5. The van der Waals surface area contributed by atoms with Crippen molar-refractivity contribution in [3.8, 4) is 0 Å². The van der Waals surface area contributed by atoms with Crippen molar-refractivity contribution in [2.24, 2.45) is 15.9 Å². The molecule has 2 atom stereocenters. The summed E-state index contributed by atoms with van der Waals surface area (Å²) < 4.78 is 0. The third-order valence-corrected chi connectivity index (χ3v) is 6.80. The lowest BCUT2D eigenvalue weighted by atomic mass is 10.0. The molecule has 0 unspecified atom stereocenters. The van der Waals surface area contributed by atoms with E-state index in [1.54, 1.807) is 29.2 Å². The average molecular weight is 469 g/mol. The lowest BCUT2D eigenvalue weighted by molar-refractivity contribution is -0.125. The SMILES string of the molecule is CC[C@@H](SC1=Nc2ccccc2C2=N[C@H](CC(C)C)C(=O)N12)C(=O)Nc1cccc(Cl)c1. The first kappa shape index (κ1) is 22.6. The number of carbonyl (C=O) groups is 2. The topological polar surface area (TPSA) is 74.1 Å². The van der Waals surface area contributed by atoms with Crippen LogP contribution in [-0.4, -0.2) is 39.0 Å². The molecule has 8 heteroatoms. The molecule has 0 bridgehead atoms. The number of aliphatic imine (C=N–C) groups is 2. The summed E-state index contributed by atoms with van der Waals surface area (Å²) in [5.74, 6) is 0.716. The highest BCUT2D eigenvalue weighted by molar-refractivity contribution is 8.15. The van der Waals surface area contributed by atoms with Crippen molar-refractivity contribution in [1.82, 2.24) is 4.90 Å². The maximum absolute atomic E-state index is 13.3. The van der Waals surface area contributed by atoms with Crippen LogP contribution >= 0.6 is 23.4 Å². The maximum atomic E-state index is 13.3. The van der Waals surface area contributed by atoms with Gasteiger partial charge >= 0.3 is 0 Å². The van der Waals surface area contributed by atoms with Crippen LogP contribution in [0.5, 0.6) is 0 Å². The summed E-state index contributed by atoms with van der Waals surface area (Å²) in [5, 5.41) is 3.53. The second-order valence-electron chi connectivity index (χ2n) is 8.20. The van der Waals surface area contributed by atoms with E-state index < -0.39 is 11.3 Å². The summed E-state index contributed by atoms with van der Waals surface area (Å²) in [6.07, 6.45) is 1.24. The van der Waals surface area contributed by atoms with Crippen molar-refractivity contribution in [3.63, 3.8) is 0 Å². The first-order valence-corrected chi connectivity index (χ1v) is 12.0. The maximum Gasteiger partial charge on any atom is 0.259 e. The normalized spacial score (nSPS) is 18.1. The second kappa shape index (κ2) is 9.46. The van der Waals surface area contributed by atoms with Crippen LogP contribution in [0.25, 0.3) is 0 Å². The smallest absolute Gasteiger partial charge is 0.259 e. The van der Waals surface area contributed by atoms with Crippen molar-refractivity contribution >= 4 is 57.6 Å². The molecule has 0 aromatic heterocycles. The fourth-order valence-corrected chi connectivity index (χ4v) is 4.93. The number of benzene rings is 2. The van der Waals surface area contributed by atoms with E-state index >= 15 is 0 Å². The predicted octanol–water partition coefficient (Wildman–Crippen LogP) is 5.50. The number of para-hydroxylation sites is 1. The Balaban J connectivity index is 1.62. The minimum atomic E-state index is -0.434. The molecule has 0 spiro atoms. The molecule has 0 saturated heterocycles. The lowest BCUT2D eigenvalue weighted by Crippen LogP contribution is -2.42. The number of thioether (sulfide) groups is 1. The summed E-state index contributed by atoms with van der Waals surface area (Å²) in [4.78, 5) is 37.4. The molecule has 2 aliphatic rings. The van der Waals surface area contributed by atoms with Gasteiger partial charge in [-0.3, -0.25) is 14.6 Å². The van der Waals surface area contributed by atoms with E-state index in [4.69, 9.17) is 21.6 Å². The van der Waals surface area contributed by atoms with Crippen LogP contribution in [0, 0.1) is 5.92 Å². The lowest BCUT2D eigenvalue weighted by Gasteiger charge is -2.27. The summed E-state index contributed by atoms with van der Waals surface area (Å²) in [7, 11) is 0. The molecule has 0 radical (unpaired) electrons. The second-order valence-corrected chi connectivity index (χ2v) is 9.80. The molecule has 6 nitrogen and oxygen atoms in total. The highest BCUT2D eigenvalue weighted by atomic mass is 35.5. The Kier molecular flexibility index (Phi) is 6.67. The standard InChI is InChI=1S/C24H25ClN4O2S/c1-4-20(22(30)26-16-9-7-8-15(25)13-16)32-24-28-18-11-6-5-10-17(18)21-27-19(12-14(2)3)23(31)29(21)24/h5-11,13-14,19-20H,4,12H2,1-3H3,(H,26,30)/t19-,20-/m1/s1. The molecule has 32 heavy (non-hydrogen) atoms. The third-order valence-electron chi connectivity index (χ3n) is 5.25. The number of rotatable bonds is 6. The Hall–Kier alpha value is -2.64. The Labute approximate surface area is 197 Å². The van der Waals surface area contributed by atoms with Crippen LogP contribution in [0.2, 0.25) is 5.02 Å². The highest BCUT2D eigenvalue weighted by Gasteiger charge is 2.42. The summed E-state index contributed by atoms with van der Waals surface area (Å²) in [6.45, 7) is 6.10. The summed E-state index contributed by atoms with van der Waals surface area (Å²) >= 11 is 7.33. The molecule has 2 aliphatic heterocycles. The zero-order valence-corrected chi connectivity index (χ0v) is 19.8. The number of anilines is 1. The fourth-order valence-electron chi connectivity index (χ4n) is 3.72. The number of nitrogens with zero attached hydrogens (tertiary/aromatic N) is 3. The largest absolute Gasteiger partial charge is 0.325 e. The van der Waals surface area contributed by atoms with Crippen molar-refractivity contribution in [1.29, 1.82) is 0 Å². The van der Waals surface area contributed by atoms with Crippen LogP contribution in [0.3, 0.4) is 0 Å². The number of amides is 2. The van der Waals surface area contributed by atoms with Gasteiger partial charge in [0, 0.05) is 16.3 Å². The highest BCUT2D eigenvalue weighted by Crippen LogP contribution is 2.36. The first-order valence-electron chi connectivity index (χ1n) is 10.7. The number of halogens is 1. The molecule has 2 aromatic rings. The molecule has 2 aromatic carbocycles. The van der Waals surface area contributed by atoms with Crippen LogP contribution in [0.4, 0.5) is 11.4 Å². The fraction of sp³-hybridized carbons (Fsp3) is 0.333. The van der Waals surface area contributed by atoms with Gasteiger partial charge in [0.2, 0.25) is 5.91 Å². The summed E-state index contributed by atoms with van der Waals surface area (Å²) in [6, 6.07) is 14.3. The zero-order valence-electron chi connectivity index (χ0n) is 18.2. The van der Waals surface area contributed by atoms with Gasteiger partial charge in [-0.15, -0.1) is 0 Å². The van der Waals surface area contributed by atoms with E-state index in [1.165, 1.54) is 11.8 Å². The van der Waals surface area contributed by atoms with Gasteiger partial charge in [-0.1, -0.05) is 62.3 Å². The number of hydrogen-bond donors (Lipinski definition) is 1. The molecule has 1 N–H and O–H groups in total. The van der Waals surface area contributed by atoms with Gasteiger partial charge in [0.25, 0.3) is 5.91 Å². The summed E-state index contributed by atoms with van der Waals surface area (Å²) in [5.41, 5.74) is 2.23. The molecule has 4 rings (SSSR count). The number of fused-ring (bicyclic) bond motifs is 3. The van der Waals surface area contributed by atoms with E-state index in [0.29, 0.717) is 40.5 Å². The quantitative estimate of drug-likeness (QED) is 0.608. The number of amidine groups is 2. The molecule has 0 saturated carbocycles. The van der Waals surface area contributed by atoms with Crippen LogP contribution in [0.15, 0.2) is 58.5 Å². The third kappa shape index (κ3) is 4.59. The molecule has 2 amide bonds. The molecule has 2 heterocycles. The van der Waals surface area contributed by atoms with E-state index in [2.05, 4.69) is 19.2 Å². The Morgan fingerprint density at radius 1 is 1.22 bits per heavy atom. The van der Waals surface area contributed by atoms with Gasteiger partial charge < -0.3 is 5.32 Å². The van der Waals surface area contributed by atoms with Crippen LogP contribution < -0.4 is 5.32 Å². The van der Waals surface area contributed by atoms with Gasteiger partial charge in [-0.2, -0.15) is 0 Å². The van der Waals surface area contributed by atoms with Gasteiger partial charge in [0.1, 0.15) is 11.9 Å². The van der Waals surface area contributed by atoms with Gasteiger partial charge in [-0.25, -0.2) is 9.89 Å². The Morgan fingerprint density at radius 3 is 2.72 bits per heavy atom. The predicted molar refractivity (Wildman–Crippen MR) is 132 cm³/mol. The van der Waals surface area contributed by atoms with Crippen molar-refractivity contribution in [2.75, 3.05) is 5.32 Å². The molecule has 0 fully saturated rings. The van der Waals surface area contributed by atoms with Crippen LogP contribution in [0.1, 0.15) is 39.2 Å². The molecular formula is C24H25ClN4O2S.